The van der Waals surface area contributed by atoms with E-state index in [4.69, 9.17) is 0 Å². The molecule has 0 radical (unpaired) electrons. The third-order valence-corrected chi connectivity index (χ3v) is 5.17. The van der Waals surface area contributed by atoms with Crippen LogP contribution in [0.2, 0.25) is 0 Å². The zero-order chi connectivity index (χ0) is 19.3. The zero-order valence-corrected chi connectivity index (χ0v) is 15.8. The fourth-order valence-corrected chi connectivity index (χ4v) is 3.44. The van der Waals surface area contributed by atoms with Crippen molar-refractivity contribution in [2.45, 2.75) is 26.2 Å². The van der Waals surface area contributed by atoms with Gasteiger partial charge >= 0.3 is 5.69 Å². The highest BCUT2D eigenvalue weighted by Gasteiger charge is 2.20. The number of hydrogen-bond donors (Lipinski definition) is 0. The van der Waals surface area contributed by atoms with E-state index in [9.17, 15) is 10.1 Å². The van der Waals surface area contributed by atoms with Crippen molar-refractivity contribution in [1.29, 1.82) is 5.26 Å². The normalized spacial score (nSPS) is 11.8. The minimum absolute atomic E-state index is 0.118. The van der Waals surface area contributed by atoms with Crippen LogP contribution in [-0.2, 0) is 12.5 Å². The van der Waals surface area contributed by atoms with Crippen LogP contribution >= 0.6 is 0 Å². The Morgan fingerprint density at radius 1 is 1.11 bits per heavy atom. The first kappa shape index (κ1) is 17.0. The topological polar surface area (TPSA) is 63.6 Å². The van der Waals surface area contributed by atoms with E-state index >= 15 is 0 Å². The Kier molecular flexibility index (Phi) is 3.67. The van der Waals surface area contributed by atoms with Gasteiger partial charge in [-0.05, 0) is 50.6 Å². The fraction of sp³-hybridized carbons (Fsp3) is 0.227. The van der Waals surface area contributed by atoms with Crippen molar-refractivity contribution in [3.8, 4) is 11.8 Å². The molecule has 0 aliphatic carbocycles. The van der Waals surface area contributed by atoms with Crippen molar-refractivity contribution in [2.75, 3.05) is 0 Å². The van der Waals surface area contributed by atoms with E-state index < -0.39 is 5.41 Å². The summed E-state index contributed by atoms with van der Waals surface area (Å²) in [5.74, 6) is 0. The lowest BCUT2D eigenvalue weighted by atomic mass is 9.86. The molecule has 0 saturated heterocycles. The van der Waals surface area contributed by atoms with Crippen LogP contribution in [0.5, 0.6) is 0 Å². The van der Waals surface area contributed by atoms with E-state index in [0.717, 1.165) is 38.8 Å². The van der Waals surface area contributed by atoms with E-state index in [1.807, 2.05) is 57.2 Å². The number of fused-ring (bicyclic) bond motifs is 3. The van der Waals surface area contributed by atoms with E-state index in [-0.39, 0.29) is 5.69 Å². The highest BCUT2D eigenvalue weighted by Crippen LogP contribution is 2.27. The maximum atomic E-state index is 13.0. The summed E-state index contributed by atoms with van der Waals surface area (Å²) in [4.78, 5) is 17.5. The molecule has 0 aliphatic rings. The summed E-state index contributed by atoms with van der Waals surface area (Å²) in [6.07, 6.45) is 1.75. The molecule has 2 aromatic heterocycles. The average molecular weight is 356 g/mol. The number of imidazole rings is 1. The Balaban J connectivity index is 2.05. The molecule has 0 fully saturated rings. The molecule has 134 valence electrons. The van der Waals surface area contributed by atoms with E-state index in [1.54, 1.807) is 22.4 Å². The SMILES string of the molecule is Cc1ccc2ncc3c(c2c1)n(-c1ccc(C(C)(C)C#N)cc1)c(=O)n3C. The molecular formula is C22H20N4O. The van der Waals surface area contributed by atoms with Crippen molar-refractivity contribution in [3.05, 3.63) is 70.3 Å². The molecule has 0 unspecified atom stereocenters. The van der Waals surface area contributed by atoms with Crippen molar-refractivity contribution < 1.29 is 0 Å². The lowest BCUT2D eigenvalue weighted by Gasteiger charge is -2.16. The summed E-state index contributed by atoms with van der Waals surface area (Å²) >= 11 is 0. The molecule has 0 bridgehead atoms. The molecule has 4 rings (SSSR count). The van der Waals surface area contributed by atoms with Crippen LogP contribution in [0.4, 0.5) is 0 Å². The first-order chi connectivity index (χ1) is 12.8. The second-order valence-corrected chi connectivity index (χ2v) is 7.47. The van der Waals surface area contributed by atoms with Gasteiger partial charge in [0.15, 0.2) is 0 Å². The standard InChI is InChI=1S/C22H20N4O/c1-14-5-10-18-17(11-14)20-19(12-24-18)25(4)21(27)26(20)16-8-6-15(7-9-16)22(2,3)13-23/h5-12H,1-4H3. The molecule has 4 aromatic rings. The van der Waals surface area contributed by atoms with Crippen LogP contribution in [0, 0.1) is 18.3 Å². The number of benzene rings is 2. The number of nitrogens with zero attached hydrogens (tertiary/aromatic N) is 4. The first-order valence-corrected chi connectivity index (χ1v) is 8.82. The third kappa shape index (κ3) is 2.53. The largest absolute Gasteiger partial charge is 0.333 e. The number of hydrogen-bond acceptors (Lipinski definition) is 3. The molecular weight excluding hydrogens is 336 g/mol. The van der Waals surface area contributed by atoms with Gasteiger partial charge in [-0.2, -0.15) is 5.26 Å². The Hall–Kier alpha value is -3.39. The summed E-state index contributed by atoms with van der Waals surface area (Å²) in [6, 6.07) is 16.0. The Bertz CT molecular complexity index is 1280. The van der Waals surface area contributed by atoms with Crippen molar-refractivity contribution in [3.63, 3.8) is 0 Å². The zero-order valence-electron chi connectivity index (χ0n) is 15.8. The maximum absolute atomic E-state index is 13.0. The minimum Gasteiger partial charge on any atom is -0.293 e. The summed E-state index contributed by atoms with van der Waals surface area (Å²) in [6.45, 7) is 5.80. The number of rotatable bonds is 2. The fourth-order valence-electron chi connectivity index (χ4n) is 3.44. The van der Waals surface area contributed by atoms with Gasteiger partial charge in [0, 0.05) is 12.4 Å². The second-order valence-electron chi connectivity index (χ2n) is 7.47. The van der Waals surface area contributed by atoms with Crippen molar-refractivity contribution >= 4 is 21.9 Å². The van der Waals surface area contributed by atoms with Crippen molar-refractivity contribution in [2.24, 2.45) is 7.05 Å². The van der Waals surface area contributed by atoms with Gasteiger partial charge in [0.2, 0.25) is 0 Å². The molecule has 5 nitrogen and oxygen atoms in total. The summed E-state index contributed by atoms with van der Waals surface area (Å²) in [7, 11) is 1.76. The quantitative estimate of drug-likeness (QED) is 0.545. The van der Waals surface area contributed by atoms with Gasteiger partial charge in [-0.3, -0.25) is 14.1 Å². The lowest BCUT2D eigenvalue weighted by Crippen LogP contribution is -2.21. The van der Waals surface area contributed by atoms with Crippen LogP contribution in [0.1, 0.15) is 25.0 Å². The molecule has 0 amide bonds. The molecule has 2 aromatic carbocycles. The summed E-state index contributed by atoms with van der Waals surface area (Å²) in [5.41, 5.74) is 4.62. The molecule has 0 aliphatic heterocycles. The number of aryl methyl sites for hydroxylation is 2. The van der Waals surface area contributed by atoms with Crippen LogP contribution in [0.25, 0.3) is 27.6 Å². The van der Waals surface area contributed by atoms with Gasteiger partial charge in [-0.25, -0.2) is 4.79 Å². The predicted octanol–water partition coefficient (Wildman–Crippen LogP) is 3.99. The second kappa shape index (κ2) is 5.82. The number of pyridine rings is 1. The van der Waals surface area contributed by atoms with Gasteiger partial charge < -0.3 is 0 Å². The molecule has 2 heterocycles. The lowest BCUT2D eigenvalue weighted by molar-refractivity contribution is 0.686. The summed E-state index contributed by atoms with van der Waals surface area (Å²) in [5, 5.41) is 10.3. The van der Waals surface area contributed by atoms with Crippen LogP contribution < -0.4 is 5.69 Å². The van der Waals surface area contributed by atoms with Crippen molar-refractivity contribution in [1.82, 2.24) is 14.1 Å². The van der Waals surface area contributed by atoms with Gasteiger partial charge in [0.25, 0.3) is 0 Å². The Morgan fingerprint density at radius 2 is 1.81 bits per heavy atom. The first-order valence-electron chi connectivity index (χ1n) is 8.82. The van der Waals surface area contributed by atoms with E-state index in [2.05, 4.69) is 17.1 Å². The molecule has 5 heteroatoms. The van der Waals surface area contributed by atoms with Crippen LogP contribution in [-0.4, -0.2) is 14.1 Å². The Morgan fingerprint density at radius 3 is 2.48 bits per heavy atom. The van der Waals surface area contributed by atoms with Gasteiger partial charge in [0.1, 0.15) is 0 Å². The number of nitriles is 1. The van der Waals surface area contributed by atoms with Crippen LogP contribution in [0.15, 0.2) is 53.5 Å². The average Bonchev–Trinajstić information content (AvgIpc) is 2.93. The van der Waals surface area contributed by atoms with Gasteiger partial charge in [0.05, 0.1) is 39.9 Å². The molecule has 0 atom stereocenters. The minimum atomic E-state index is -0.573. The van der Waals surface area contributed by atoms with E-state index in [0.29, 0.717) is 0 Å². The monoisotopic (exact) mass is 356 g/mol. The van der Waals surface area contributed by atoms with E-state index in [1.165, 1.54) is 0 Å². The predicted molar refractivity (Wildman–Crippen MR) is 107 cm³/mol. The summed E-state index contributed by atoms with van der Waals surface area (Å²) < 4.78 is 3.35. The maximum Gasteiger partial charge on any atom is 0.333 e. The molecule has 0 spiro atoms. The molecule has 0 N–H and O–H groups in total. The van der Waals surface area contributed by atoms with Gasteiger partial charge in [-0.1, -0.05) is 23.8 Å². The molecule has 27 heavy (non-hydrogen) atoms. The highest BCUT2D eigenvalue weighted by molar-refractivity contribution is 6.03. The smallest absolute Gasteiger partial charge is 0.293 e. The third-order valence-electron chi connectivity index (χ3n) is 5.17. The molecule has 0 saturated carbocycles. The van der Waals surface area contributed by atoms with Crippen LogP contribution in [0.3, 0.4) is 0 Å². The number of aromatic nitrogens is 3. The Labute approximate surface area is 157 Å². The highest BCUT2D eigenvalue weighted by atomic mass is 16.1. The van der Waals surface area contributed by atoms with Gasteiger partial charge in [-0.15, -0.1) is 0 Å².